The van der Waals surface area contributed by atoms with Gasteiger partial charge in [-0.25, -0.2) is 4.79 Å². The number of aliphatic hydroxyl groups is 1. The van der Waals surface area contributed by atoms with Gasteiger partial charge in [0.05, 0.1) is 31.3 Å². The number of nitrogens with zero attached hydrogens (tertiary/aromatic N) is 1. The molecule has 4 aromatic rings. The molecule has 10 heteroatoms. The van der Waals surface area contributed by atoms with Crippen LogP contribution in [0.4, 0.5) is 4.79 Å². The average Bonchev–Trinajstić information content (AvgIpc) is 3.86. The Kier molecular flexibility index (Phi) is 10.7. The fourth-order valence-corrected chi connectivity index (χ4v) is 7.03. The van der Waals surface area contributed by atoms with Crippen molar-refractivity contribution in [3.63, 3.8) is 0 Å². The molecular formula is C40H46N2O8. The average molecular weight is 683 g/mol. The van der Waals surface area contributed by atoms with Crippen molar-refractivity contribution in [2.24, 2.45) is 11.8 Å². The first-order valence-electron chi connectivity index (χ1n) is 17.5. The molecule has 2 N–H and O–H groups in total. The third-order valence-corrected chi connectivity index (χ3v) is 9.52. The molecule has 3 aliphatic heterocycles. The summed E-state index contributed by atoms with van der Waals surface area (Å²) >= 11 is 0. The third kappa shape index (κ3) is 8.50. The summed E-state index contributed by atoms with van der Waals surface area (Å²) in [5.41, 5.74) is 3.10. The van der Waals surface area contributed by atoms with Crippen molar-refractivity contribution in [3.8, 4) is 17.2 Å². The molecule has 0 radical (unpaired) electrons. The summed E-state index contributed by atoms with van der Waals surface area (Å²) in [6.07, 6.45) is -0.983. The highest BCUT2D eigenvalue weighted by Gasteiger charge is 2.44. The van der Waals surface area contributed by atoms with Gasteiger partial charge in [-0.1, -0.05) is 68.4 Å². The van der Waals surface area contributed by atoms with Crippen molar-refractivity contribution in [1.82, 2.24) is 10.2 Å². The number of hydrogen-bond donors (Lipinski definition) is 2. The molecule has 0 saturated carbocycles. The van der Waals surface area contributed by atoms with Crippen LogP contribution < -0.4 is 19.5 Å². The third-order valence-electron chi connectivity index (χ3n) is 9.52. The van der Waals surface area contributed by atoms with E-state index < -0.39 is 18.2 Å². The summed E-state index contributed by atoms with van der Waals surface area (Å²) < 4.78 is 34.3. The highest BCUT2D eigenvalue weighted by molar-refractivity contribution is 5.83. The van der Waals surface area contributed by atoms with E-state index in [2.05, 4.69) is 54.4 Å². The zero-order valence-electron chi connectivity index (χ0n) is 28.7. The number of carbonyl (C=O) groups is 1. The van der Waals surface area contributed by atoms with Gasteiger partial charge < -0.3 is 38.8 Å². The lowest BCUT2D eigenvalue weighted by Crippen LogP contribution is -2.50. The van der Waals surface area contributed by atoms with E-state index in [-0.39, 0.29) is 25.1 Å². The molecule has 3 aliphatic rings. The largest absolute Gasteiger partial charge is 0.489 e. The van der Waals surface area contributed by atoms with Gasteiger partial charge in [-0.3, -0.25) is 4.90 Å². The second kappa shape index (κ2) is 15.7. The molecule has 0 aromatic heterocycles. The normalized spacial score (nSPS) is 20.6. The van der Waals surface area contributed by atoms with E-state index in [1.165, 1.54) is 10.8 Å². The quantitative estimate of drug-likeness (QED) is 0.164. The Morgan fingerprint density at radius 3 is 2.52 bits per heavy atom. The molecule has 5 atom stereocenters. The lowest BCUT2D eigenvalue weighted by atomic mass is 10.00. The van der Waals surface area contributed by atoms with Gasteiger partial charge in [0, 0.05) is 19.6 Å². The van der Waals surface area contributed by atoms with Gasteiger partial charge in [0.15, 0.2) is 17.8 Å². The van der Waals surface area contributed by atoms with E-state index in [9.17, 15) is 9.90 Å². The van der Waals surface area contributed by atoms with Crippen molar-refractivity contribution in [3.05, 3.63) is 102 Å². The molecule has 0 aliphatic carbocycles. The van der Waals surface area contributed by atoms with Gasteiger partial charge in [0.25, 0.3) is 0 Å². The monoisotopic (exact) mass is 682 g/mol. The molecule has 264 valence electrons. The Morgan fingerprint density at radius 1 is 0.900 bits per heavy atom. The van der Waals surface area contributed by atoms with Crippen LogP contribution in [-0.4, -0.2) is 73.7 Å². The molecule has 10 nitrogen and oxygen atoms in total. The van der Waals surface area contributed by atoms with Gasteiger partial charge in [0.2, 0.25) is 6.79 Å². The van der Waals surface area contributed by atoms with Crippen LogP contribution in [0, 0.1) is 11.8 Å². The van der Waals surface area contributed by atoms with Crippen molar-refractivity contribution >= 4 is 16.9 Å². The fraction of sp³-hybridized carbons (Fsp3) is 0.425. The number of rotatable bonds is 14. The van der Waals surface area contributed by atoms with Crippen LogP contribution in [0.2, 0.25) is 0 Å². The Bertz CT molecular complexity index is 1750. The van der Waals surface area contributed by atoms with E-state index in [1.54, 1.807) is 0 Å². The molecule has 2 fully saturated rings. The van der Waals surface area contributed by atoms with Gasteiger partial charge in [-0.15, -0.1) is 0 Å². The molecule has 5 unspecified atom stereocenters. The first kappa shape index (κ1) is 34.1. The molecule has 1 amide bonds. The topological polar surface area (TPSA) is 108 Å². The van der Waals surface area contributed by atoms with Gasteiger partial charge in [0.1, 0.15) is 18.5 Å². The van der Waals surface area contributed by atoms with Crippen LogP contribution in [0.3, 0.4) is 0 Å². The minimum Gasteiger partial charge on any atom is -0.489 e. The fourth-order valence-electron chi connectivity index (χ4n) is 7.03. The van der Waals surface area contributed by atoms with Gasteiger partial charge in [-0.2, -0.15) is 0 Å². The van der Waals surface area contributed by atoms with Gasteiger partial charge >= 0.3 is 6.09 Å². The van der Waals surface area contributed by atoms with E-state index in [0.717, 1.165) is 46.9 Å². The van der Waals surface area contributed by atoms with Crippen LogP contribution >= 0.6 is 0 Å². The number of ether oxygens (including phenoxy) is 6. The molecular weight excluding hydrogens is 636 g/mol. The number of alkyl carbamates (subject to hydrolysis) is 1. The van der Waals surface area contributed by atoms with Crippen LogP contribution in [-0.2, 0) is 33.8 Å². The van der Waals surface area contributed by atoms with Crippen molar-refractivity contribution < 1.29 is 38.3 Å². The van der Waals surface area contributed by atoms with Crippen molar-refractivity contribution in [2.45, 2.75) is 64.4 Å². The molecule has 4 aromatic carbocycles. The molecule has 50 heavy (non-hydrogen) atoms. The predicted octanol–water partition coefficient (Wildman–Crippen LogP) is 6.07. The number of amides is 1. The van der Waals surface area contributed by atoms with Crippen molar-refractivity contribution in [1.29, 1.82) is 0 Å². The maximum Gasteiger partial charge on any atom is 0.407 e. The number of fused-ring (bicyclic) bond motifs is 3. The van der Waals surface area contributed by atoms with Gasteiger partial charge in [-0.05, 0) is 76.6 Å². The Hall–Kier alpha value is -4.35. The first-order chi connectivity index (χ1) is 24.4. The van der Waals surface area contributed by atoms with Crippen LogP contribution in [0.5, 0.6) is 17.2 Å². The second-order valence-corrected chi connectivity index (χ2v) is 13.9. The molecule has 7 rings (SSSR count). The van der Waals surface area contributed by atoms with E-state index in [1.807, 2.05) is 54.6 Å². The number of carbonyl (C=O) groups excluding carboxylic acids is 1. The maximum atomic E-state index is 13.3. The van der Waals surface area contributed by atoms with E-state index in [0.29, 0.717) is 45.2 Å². The Labute approximate surface area is 293 Å². The lowest BCUT2D eigenvalue weighted by Gasteiger charge is -2.31. The number of aliphatic hydroxyl groups excluding tert-OH is 1. The summed E-state index contributed by atoms with van der Waals surface area (Å²) in [5.74, 6) is 2.59. The number of hydrogen-bond acceptors (Lipinski definition) is 9. The molecule has 3 heterocycles. The van der Waals surface area contributed by atoms with Crippen LogP contribution in [0.15, 0.2) is 84.9 Å². The van der Waals surface area contributed by atoms with Crippen molar-refractivity contribution in [2.75, 3.05) is 33.1 Å². The Balaban J connectivity index is 1.02. The second-order valence-electron chi connectivity index (χ2n) is 13.9. The molecule has 0 bridgehead atoms. The first-order valence-corrected chi connectivity index (χ1v) is 17.5. The predicted molar refractivity (Wildman–Crippen MR) is 188 cm³/mol. The van der Waals surface area contributed by atoms with Crippen LogP contribution in [0.25, 0.3) is 10.8 Å². The smallest absolute Gasteiger partial charge is 0.407 e. The summed E-state index contributed by atoms with van der Waals surface area (Å²) in [7, 11) is 0. The van der Waals surface area contributed by atoms with Crippen LogP contribution in [0.1, 0.15) is 37.0 Å². The SMILES string of the molecule is CC(C)CN(Cc1ccc2c(c1)OCO2)CC(O)C(Cc1ccc(OCc2ccc3ccccc3c2)cc1)NC(=O)OC1COC2OCCC12. The molecule has 2 saturated heterocycles. The lowest BCUT2D eigenvalue weighted by molar-refractivity contribution is -0.0907. The molecule has 0 spiro atoms. The zero-order chi connectivity index (χ0) is 34.5. The highest BCUT2D eigenvalue weighted by atomic mass is 16.7. The summed E-state index contributed by atoms with van der Waals surface area (Å²) in [6.45, 7) is 7.57. The summed E-state index contributed by atoms with van der Waals surface area (Å²) in [4.78, 5) is 15.5. The van der Waals surface area contributed by atoms with E-state index >= 15 is 0 Å². The van der Waals surface area contributed by atoms with E-state index in [4.69, 9.17) is 28.4 Å². The minimum absolute atomic E-state index is 0.0227. The summed E-state index contributed by atoms with van der Waals surface area (Å²) in [6, 6.07) is 27.7. The maximum absolute atomic E-state index is 13.3. The highest BCUT2D eigenvalue weighted by Crippen LogP contribution is 2.34. The number of benzene rings is 4. The Morgan fingerprint density at radius 2 is 1.68 bits per heavy atom. The number of nitrogens with one attached hydrogen (secondary N) is 1. The minimum atomic E-state index is -0.887. The summed E-state index contributed by atoms with van der Waals surface area (Å²) in [5, 5.41) is 17.1. The standard InChI is InChI=1S/C40H46N2O8/c1-26(2)20-42(21-28-10-14-36-37(19-28)49-25-48-36)22-35(43)34(41-40(44)50-38-24-47-39-33(38)15-16-45-39)18-27-8-12-32(13-9-27)46-23-29-7-11-30-5-3-4-6-31(30)17-29/h3-14,17,19,26,33-35,38-39,43H,15-16,18,20-25H2,1-2H3,(H,41,44). The zero-order valence-corrected chi connectivity index (χ0v) is 28.7.